The number of esters is 1. The first kappa shape index (κ1) is 32.2. The van der Waals surface area contributed by atoms with Crippen LogP contribution in [0.4, 0.5) is 0 Å². The number of nitrogens with zero attached hydrogens (tertiary/aromatic N) is 2. The molecule has 4 aromatic carbocycles. The van der Waals surface area contributed by atoms with E-state index in [0.717, 1.165) is 10.6 Å². The first-order valence-electron chi connectivity index (χ1n) is 12.6. The zero-order chi connectivity index (χ0) is 31.9. The van der Waals surface area contributed by atoms with Gasteiger partial charge in [-0.25, -0.2) is 9.80 Å². The van der Waals surface area contributed by atoms with E-state index in [0.29, 0.717) is 33.5 Å². The molecular weight excluding hydrogens is 851 g/mol. The maximum atomic E-state index is 13.8. The molecular formula is C31H17Br4ClN2O6. The van der Waals surface area contributed by atoms with E-state index in [4.69, 9.17) is 16.3 Å². The van der Waals surface area contributed by atoms with Gasteiger partial charge in [-0.15, -0.1) is 0 Å². The standard InChI is InChI=1S/C31H17Br4ClN2O6/c1-15-2-4-18(5-3-15)31(43)44-20-12-8-16(9-13-20)21(39)14-37(28(40)17-6-10-19(36)11-7-17)38-29(41)22-23(30(38)42)25(33)27(35)26(34)24(22)32/h2-13H,14H2,1H3. The number of rotatable bonds is 7. The Morgan fingerprint density at radius 1 is 0.705 bits per heavy atom. The monoisotopic (exact) mass is 864 g/mol. The highest BCUT2D eigenvalue weighted by molar-refractivity contribution is 9.15. The first-order chi connectivity index (χ1) is 20.9. The van der Waals surface area contributed by atoms with Gasteiger partial charge in [0.05, 0.1) is 16.7 Å². The lowest BCUT2D eigenvalue weighted by atomic mass is 10.1. The molecule has 5 rings (SSSR count). The molecule has 0 bridgehead atoms. The molecule has 0 spiro atoms. The number of imide groups is 1. The van der Waals surface area contributed by atoms with Crippen molar-refractivity contribution in [3.63, 3.8) is 0 Å². The number of ketones is 1. The van der Waals surface area contributed by atoms with Crippen LogP contribution >= 0.6 is 75.3 Å². The molecule has 1 heterocycles. The molecule has 0 radical (unpaired) electrons. The van der Waals surface area contributed by atoms with Crippen LogP contribution in [0.15, 0.2) is 90.7 Å². The summed E-state index contributed by atoms with van der Waals surface area (Å²) in [5.41, 5.74) is 1.63. The van der Waals surface area contributed by atoms with Crippen molar-refractivity contribution >= 4 is 105 Å². The summed E-state index contributed by atoms with van der Waals surface area (Å²) in [6.45, 7) is 1.24. The van der Waals surface area contributed by atoms with E-state index in [1.165, 1.54) is 48.5 Å². The van der Waals surface area contributed by atoms with Gasteiger partial charge in [-0.1, -0.05) is 29.3 Å². The van der Waals surface area contributed by atoms with Gasteiger partial charge in [-0.2, -0.15) is 5.01 Å². The lowest BCUT2D eigenvalue weighted by Crippen LogP contribution is -2.51. The van der Waals surface area contributed by atoms with Crippen LogP contribution in [-0.4, -0.2) is 46.0 Å². The average molecular weight is 869 g/mol. The summed E-state index contributed by atoms with van der Waals surface area (Å²) in [7, 11) is 0. The number of ether oxygens (including phenoxy) is 1. The number of carbonyl (C=O) groups is 5. The number of hydrazine groups is 1. The maximum Gasteiger partial charge on any atom is 0.343 e. The fraction of sp³-hybridized carbons (Fsp3) is 0.0645. The molecule has 13 heteroatoms. The molecule has 44 heavy (non-hydrogen) atoms. The van der Waals surface area contributed by atoms with Gasteiger partial charge in [-0.05, 0) is 131 Å². The summed E-state index contributed by atoms with van der Waals surface area (Å²) in [6.07, 6.45) is 0. The molecule has 4 aromatic rings. The van der Waals surface area contributed by atoms with E-state index in [1.54, 1.807) is 24.3 Å². The highest BCUT2D eigenvalue weighted by Crippen LogP contribution is 2.45. The lowest BCUT2D eigenvalue weighted by Gasteiger charge is -2.29. The average Bonchev–Trinajstić information content (AvgIpc) is 3.27. The third-order valence-electron chi connectivity index (χ3n) is 6.61. The van der Waals surface area contributed by atoms with Crippen molar-refractivity contribution in [2.45, 2.75) is 6.92 Å². The smallest absolute Gasteiger partial charge is 0.343 e. The van der Waals surface area contributed by atoms with Crippen LogP contribution in [0.2, 0.25) is 5.02 Å². The van der Waals surface area contributed by atoms with Gasteiger partial charge in [0.1, 0.15) is 12.3 Å². The fourth-order valence-electron chi connectivity index (χ4n) is 4.32. The van der Waals surface area contributed by atoms with Crippen molar-refractivity contribution in [1.29, 1.82) is 0 Å². The molecule has 0 N–H and O–H groups in total. The minimum absolute atomic E-state index is 0.0121. The van der Waals surface area contributed by atoms with Gasteiger partial charge in [0.2, 0.25) is 0 Å². The van der Waals surface area contributed by atoms with Gasteiger partial charge < -0.3 is 4.74 Å². The Hall–Kier alpha value is -3.16. The van der Waals surface area contributed by atoms with Gasteiger partial charge in [-0.3, -0.25) is 19.2 Å². The number of hydrogen-bond acceptors (Lipinski definition) is 6. The van der Waals surface area contributed by atoms with E-state index in [1.807, 2.05) is 6.92 Å². The molecule has 0 saturated heterocycles. The molecule has 1 aliphatic heterocycles. The van der Waals surface area contributed by atoms with Gasteiger partial charge >= 0.3 is 5.97 Å². The van der Waals surface area contributed by atoms with Gasteiger partial charge in [0.15, 0.2) is 5.78 Å². The Labute approximate surface area is 289 Å². The number of fused-ring (bicyclic) bond motifs is 1. The first-order valence-corrected chi connectivity index (χ1v) is 16.2. The number of Topliss-reactive ketones (excluding diaryl/α,β-unsaturated/α-hetero) is 1. The molecule has 0 saturated carbocycles. The van der Waals surface area contributed by atoms with E-state index in [2.05, 4.69) is 63.7 Å². The Kier molecular flexibility index (Phi) is 9.57. The van der Waals surface area contributed by atoms with Crippen LogP contribution in [0, 0.1) is 6.92 Å². The highest BCUT2D eigenvalue weighted by Gasteiger charge is 2.46. The quantitative estimate of drug-likeness (QED) is 0.0462. The number of aryl methyl sites for hydroxylation is 1. The van der Waals surface area contributed by atoms with Crippen LogP contribution in [-0.2, 0) is 0 Å². The molecule has 0 atom stereocenters. The normalized spacial score (nSPS) is 12.3. The lowest BCUT2D eigenvalue weighted by molar-refractivity contribution is 0.00526. The highest BCUT2D eigenvalue weighted by atomic mass is 79.9. The van der Waals surface area contributed by atoms with E-state index >= 15 is 0 Å². The topological polar surface area (TPSA) is 101 Å². The minimum atomic E-state index is -0.806. The Balaban J connectivity index is 1.45. The SMILES string of the molecule is Cc1ccc(C(=O)Oc2ccc(C(=O)CN(C(=O)c3ccc(Cl)cc3)N3C(=O)c4c(Br)c(Br)c(Br)c(Br)c4C3=O)cc2)cc1. The number of benzene rings is 4. The second-order valence-corrected chi connectivity index (χ2v) is 13.1. The van der Waals surface area contributed by atoms with Gasteiger partial charge in [0.25, 0.3) is 17.7 Å². The van der Waals surface area contributed by atoms with E-state index in [9.17, 15) is 24.0 Å². The van der Waals surface area contributed by atoms with Crippen molar-refractivity contribution in [3.8, 4) is 5.75 Å². The molecule has 0 fully saturated rings. The number of halogens is 5. The molecule has 0 aliphatic carbocycles. The predicted molar refractivity (Wildman–Crippen MR) is 177 cm³/mol. The molecule has 0 unspecified atom stereocenters. The third kappa shape index (κ3) is 6.18. The van der Waals surface area contributed by atoms with Crippen LogP contribution < -0.4 is 4.74 Å². The van der Waals surface area contributed by atoms with Crippen LogP contribution in [0.5, 0.6) is 5.75 Å². The summed E-state index contributed by atoms with van der Waals surface area (Å²) < 4.78 is 6.95. The maximum absolute atomic E-state index is 13.8. The largest absolute Gasteiger partial charge is 0.423 e. The Morgan fingerprint density at radius 2 is 1.18 bits per heavy atom. The molecule has 8 nitrogen and oxygen atoms in total. The predicted octanol–water partition coefficient (Wildman–Crippen LogP) is 8.45. The van der Waals surface area contributed by atoms with E-state index < -0.39 is 36.0 Å². The molecule has 1 aliphatic rings. The second-order valence-electron chi connectivity index (χ2n) is 9.50. The van der Waals surface area contributed by atoms with Crippen molar-refractivity contribution in [3.05, 3.63) is 129 Å². The minimum Gasteiger partial charge on any atom is -0.423 e. The van der Waals surface area contributed by atoms with Crippen molar-refractivity contribution in [1.82, 2.24) is 10.0 Å². The number of amides is 3. The third-order valence-corrected chi connectivity index (χ3v) is 11.6. The summed E-state index contributed by atoms with van der Waals surface area (Å²) in [4.78, 5) is 67.2. The zero-order valence-corrected chi connectivity index (χ0v) is 29.5. The van der Waals surface area contributed by atoms with Gasteiger partial charge in [0, 0.05) is 34.0 Å². The number of carbonyl (C=O) groups excluding carboxylic acids is 5. The van der Waals surface area contributed by atoms with Crippen LogP contribution in [0.1, 0.15) is 57.4 Å². The molecule has 222 valence electrons. The Morgan fingerprint density at radius 3 is 1.70 bits per heavy atom. The number of hydrogen-bond donors (Lipinski definition) is 0. The zero-order valence-electron chi connectivity index (χ0n) is 22.4. The van der Waals surface area contributed by atoms with E-state index in [-0.39, 0.29) is 28.0 Å². The van der Waals surface area contributed by atoms with Crippen molar-refractivity contribution < 1.29 is 28.7 Å². The Bertz CT molecular complexity index is 1820. The van der Waals surface area contributed by atoms with Crippen molar-refractivity contribution in [2.75, 3.05) is 6.54 Å². The second kappa shape index (κ2) is 13.1. The summed E-state index contributed by atoms with van der Waals surface area (Å²) >= 11 is 19.5. The summed E-state index contributed by atoms with van der Waals surface area (Å²) in [5, 5.41) is 1.84. The summed E-state index contributed by atoms with van der Waals surface area (Å²) in [5.74, 6) is -3.34. The van der Waals surface area contributed by atoms with Crippen molar-refractivity contribution in [2.24, 2.45) is 0 Å². The van der Waals surface area contributed by atoms with Crippen LogP contribution in [0.25, 0.3) is 0 Å². The fourth-order valence-corrected chi connectivity index (χ4v) is 6.91. The molecule has 0 aromatic heterocycles. The van der Waals surface area contributed by atoms with Crippen LogP contribution in [0.3, 0.4) is 0 Å². The molecule has 3 amide bonds. The summed E-state index contributed by atoms with van der Waals surface area (Å²) in [6, 6.07) is 18.4.